The lowest BCUT2D eigenvalue weighted by molar-refractivity contribution is 1.05. The number of benzene rings is 8. The van der Waals surface area contributed by atoms with Crippen molar-refractivity contribution < 1.29 is 0 Å². The quantitative estimate of drug-likeness (QED) is 0.158. The molecule has 10 aromatic rings. The molecule has 8 aromatic carbocycles. The highest BCUT2D eigenvalue weighted by Crippen LogP contribution is 2.44. The number of fused-ring (bicyclic) bond motifs is 6. The van der Waals surface area contributed by atoms with E-state index in [1.807, 2.05) is 11.3 Å². The molecule has 270 valence electrons. The Morgan fingerprint density at radius 1 is 0.439 bits per heavy atom. The average Bonchev–Trinajstić information content (AvgIpc) is 3.83. The zero-order valence-electron chi connectivity index (χ0n) is 31.3. The molecule has 0 amide bonds. The number of anilines is 3. The molecule has 0 radical (unpaired) electrons. The Hall–Kier alpha value is -6.94. The van der Waals surface area contributed by atoms with E-state index in [-0.39, 0.29) is 0 Å². The van der Waals surface area contributed by atoms with Gasteiger partial charge in [0.2, 0.25) is 0 Å². The van der Waals surface area contributed by atoms with E-state index >= 15 is 0 Å². The first-order valence-electron chi connectivity index (χ1n) is 19.7. The fourth-order valence-corrected chi connectivity index (χ4v) is 9.90. The first kappa shape index (κ1) is 33.4. The van der Waals surface area contributed by atoms with Crippen molar-refractivity contribution in [1.29, 1.82) is 0 Å². The molecule has 0 unspecified atom stereocenters. The van der Waals surface area contributed by atoms with Crippen LogP contribution in [0.3, 0.4) is 0 Å². The zero-order chi connectivity index (χ0) is 37.7. The number of rotatable bonds is 7. The molecule has 2 nitrogen and oxygen atoms in total. The highest BCUT2D eigenvalue weighted by molar-refractivity contribution is 7.25. The SMILES string of the molecule is C1=CCCC(c2ccc(N(c3ccc(-c4cccc(-n5c6ccccc6c6ccccc65)c4)c(-c4ccccc4)c3)c3ccc4c(c3)sc3ccccc34)cc2)=C1. The van der Waals surface area contributed by atoms with Crippen molar-refractivity contribution >= 4 is 76.0 Å². The summed E-state index contributed by atoms with van der Waals surface area (Å²) in [5.74, 6) is 0. The number of thiophene rings is 1. The Morgan fingerprint density at radius 3 is 1.86 bits per heavy atom. The normalized spacial score (nSPS) is 12.8. The van der Waals surface area contributed by atoms with Gasteiger partial charge < -0.3 is 9.47 Å². The van der Waals surface area contributed by atoms with Crippen molar-refractivity contribution in [1.82, 2.24) is 4.57 Å². The number of nitrogens with zero attached hydrogens (tertiary/aromatic N) is 2. The first-order valence-corrected chi connectivity index (χ1v) is 20.5. The molecule has 0 saturated carbocycles. The van der Waals surface area contributed by atoms with Crippen LogP contribution in [0, 0.1) is 0 Å². The van der Waals surface area contributed by atoms with Crippen LogP contribution < -0.4 is 4.90 Å². The highest BCUT2D eigenvalue weighted by atomic mass is 32.1. The van der Waals surface area contributed by atoms with Crippen LogP contribution in [0.4, 0.5) is 17.1 Å². The molecule has 2 aromatic heterocycles. The summed E-state index contributed by atoms with van der Waals surface area (Å²) in [7, 11) is 0. The molecule has 1 aliphatic rings. The summed E-state index contributed by atoms with van der Waals surface area (Å²) in [5, 5.41) is 5.15. The van der Waals surface area contributed by atoms with Crippen LogP contribution in [0.1, 0.15) is 18.4 Å². The van der Waals surface area contributed by atoms with Crippen molar-refractivity contribution in [2.75, 3.05) is 4.90 Å². The Balaban J connectivity index is 1.08. The number of aromatic nitrogens is 1. The van der Waals surface area contributed by atoms with Gasteiger partial charge in [-0.2, -0.15) is 0 Å². The third-order valence-electron chi connectivity index (χ3n) is 11.5. The lowest BCUT2D eigenvalue weighted by Gasteiger charge is -2.27. The Labute approximate surface area is 336 Å². The second-order valence-corrected chi connectivity index (χ2v) is 15.9. The highest BCUT2D eigenvalue weighted by Gasteiger charge is 2.19. The van der Waals surface area contributed by atoms with E-state index in [1.54, 1.807) is 0 Å². The van der Waals surface area contributed by atoms with Gasteiger partial charge in [-0.25, -0.2) is 0 Å². The molecule has 0 saturated heterocycles. The van der Waals surface area contributed by atoms with E-state index in [9.17, 15) is 0 Å². The molecule has 57 heavy (non-hydrogen) atoms. The average molecular weight is 747 g/mol. The maximum atomic E-state index is 2.42. The molecule has 0 spiro atoms. The van der Waals surface area contributed by atoms with Crippen LogP contribution in [0.25, 0.3) is 75.5 Å². The summed E-state index contributed by atoms with van der Waals surface area (Å²) in [6.45, 7) is 0. The summed E-state index contributed by atoms with van der Waals surface area (Å²) < 4.78 is 5.00. The number of hydrogen-bond donors (Lipinski definition) is 0. The molecule has 11 rings (SSSR count). The summed E-state index contributed by atoms with van der Waals surface area (Å²) in [5.41, 5.74) is 14.4. The lowest BCUT2D eigenvalue weighted by atomic mass is 9.93. The Bertz CT molecular complexity index is 3130. The van der Waals surface area contributed by atoms with E-state index < -0.39 is 0 Å². The molecule has 0 aliphatic heterocycles. The molecular formula is C54H38N2S. The zero-order valence-corrected chi connectivity index (χ0v) is 32.2. The summed E-state index contributed by atoms with van der Waals surface area (Å²) >= 11 is 1.86. The summed E-state index contributed by atoms with van der Waals surface area (Å²) in [6, 6.07) is 69.2. The Morgan fingerprint density at radius 2 is 1.09 bits per heavy atom. The van der Waals surface area contributed by atoms with Crippen molar-refractivity contribution in [2.45, 2.75) is 12.8 Å². The van der Waals surface area contributed by atoms with E-state index in [2.05, 4.69) is 216 Å². The molecule has 0 fully saturated rings. The second-order valence-electron chi connectivity index (χ2n) is 14.8. The smallest absolute Gasteiger partial charge is 0.0541 e. The van der Waals surface area contributed by atoms with Gasteiger partial charge in [0.15, 0.2) is 0 Å². The fourth-order valence-electron chi connectivity index (χ4n) is 8.76. The van der Waals surface area contributed by atoms with Crippen molar-refractivity contribution in [3.8, 4) is 27.9 Å². The number of hydrogen-bond acceptors (Lipinski definition) is 2. The monoisotopic (exact) mass is 746 g/mol. The minimum absolute atomic E-state index is 1.07. The van der Waals surface area contributed by atoms with Crippen molar-refractivity contribution in [2.24, 2.45) is 0 Å². The van der Waals surface area contributed by atoms with Crippen LogP contribution in [-0.2, 0) is 0 Å². The van der Waals surface area contributed by atoms with Crippen LogP contribution in [-0.4, -0.2) is 4.57 Å². The van der Waals surface area contributed by atoms with Crippen molar-refractivity contribution in [3.05, 3.63) is 212 Å². The van der Waals surface area contributed by atoms with E-state index in [0.717, 1.165) is 35.6 Å². The van der Waals surface area contributed by atoms with Gasteiger partial charge in [0.25, 0.3) is 0 Å². The van der Waals surface area contributed by atoms with Gasteiger partial charge in [-0.1, -0.05) is 140 Å². The van der Waals surface area contributed by atoms with E-state index in [0.29, 0.717) is 0 Å². The predicted molar refractivity (Wildman–Crippen MR) is 246 cm³/mol. The van der Waals surface area contributed by atoms with Gasteiger partial charge in [-0.15, -0.1) is 11.3 Å². The fraction of sp³-hybridized carbons (Fsp3) is 0.0370. The Kier molecular flexibility index (Phi) is 8.19. The molecule has 0 bridgehead atoms. The first-order chi connectivity index (χ1) is 28.3. The summed E-state index contributed by atoms with van der Waals surface area (Å²) in [4.78, 5) is 2.42. The predicted octanol–water partition coefficient (Wildman–Crippen LogP) is 15.7. The van der Waals surface area contributed by atoms with Gasteiger partial charge in [0, 0.05) is 53.7 Å². The maximum absolute atomic E-state index is 2.42. The van der Waals surface area contributed by atoms with E-state index in [1.165, 1.54) is 75.4 Å². The van der Waals surface area contributed by atoms with Gasteiger partial charge in [-0.3, -0.25) is 0 Å². The van der Waals surface area contributed by atoms with Gasteiger partial charge in [-0.05, 0) is 113 Å². The van der Waals surface area contributed by atoms with Gasteiger partial charge in [0.1, 0.15) is 0 Å². The molecular weight excluding hydrogens is 709 g/mol. The minimum Gasteiger partial charge on any atom is -0.310 e. The van der Waals surface area contributed by atoms with Gasteiger partial charge >= 0.3 is 0 Å². The van der Waals surface area contributed by atoms with Crippen LogP contribution in [0.5, 0.6) is 0 Å². The summed E-state index contributed by atoms with van der Waals surface area (Å²) in [6.07, 6.45) is 8.85. The number of allylic oxidation sites excluding steroid dienone is 4. The molecule has 2 heterocycles. The lowest BCUT2D eigenvalue weighted by Crippen LogP contribution is -2.10. The van der Waals surface area contributed by atoms with E-state index in [4.69, 9.17) is 0 Å². The second kappa shape index (κ2) is 14.0. The standard InChI is InChI=1S/C54H38N2S/c1-3-14-37(15-4-1)38-26-28-41(29-27-38)55(44-31-33-49-48-22-9-12-25-53(48)57-54(49)36-44)43-30-32-45(50(35-43)39-16-5-2-6-17-39)40-18-13-19-42(34-40)56-51-23-10-7-20-46(51)47-21-8-11-24-52(47)56/h1-3,5-14,16-36H,4,15H2. The third kappa shape index (κ3) is 5.87. The number of para-hydroxylation sites is 2. The van der Waals surface area contributed by atoms with Crippen molar-refractivity contribution in [3.63, 3.8) is 0 Å². The van der Waals surface area contributed by atoms with Crippen LogP contribution in [0.2, 0.25) is 0 Å². The maximum Gasteiger partial charge on any atom is 0.0541 e. The minimum atomic E-state index is 1.07. The molecule has 0 N–H and O–H groups in total. The third-order valence-corrected chi connectivity index (χ3v) is 12.6. The molecule has 0 atom stereocenters. The largest absolute Gasteiger partial charge is 0.310 e. The van der Waals surface area contributed by atoms with Crippen LogP contribution in [0.15, 0.2) is 206 Å². The van der Waals surface area contributed by atoms with Gasteiger partial charge in [0.05, 0.1) is 11.0 Å². The van der Waals surface area contributed by atoms with Crippen LogP contribution >= 0.6 is 11.3 Å². The topological polar surface area (TPSA) is 8.17 Å². The molecule has 3 heteroatoms. The molecule has 1 aliphatic carbocycles.